The number of benzene rings is 3. The zero-order valence-electron chi connectivity index (χ0n) is 24.3. The van der Waals surface area contributed by atoms with Gasteiger partial charge in [-0.05, 0) is 72.0 Å². The Bertz CT molecular complexity index is 1190. The largest absolute Gasteiger partial charge is 0.497 e. The summed E-state index contributed by atoms with van der Waals surface area (Å²) in [6.07, 6.45) is 0.770. The van der Waals surface area contributed by atoms with Crippen LogP contribution in [0.1, 0.15) is 37.6 Å². The monoisotopic (exact) mass is 564 g/mol. The Balaban J connectivity index is 1.28. The highest BCUT2D eigenvalue weighted by Gasteiger charge is 2.21. The van der Waals surface area contributed by atoms with Crippen molar-refractivity contribution in [2.45, 2.75) is 27.2 Å². The van der Waals surface area contributed by atoms with E-state index in [1.54, 1.807) is 43.5 Å². The number of hydrogen-bond donors (Lipinski definition) is 0. The predicted molar refractivity (Wildman–Crippen MR) is 157 cm³/mol. The minimum absolute atomic E-state index is 0.0711. The Morgan fingerprint density at radius 1 is 0.659 bits per heavy atom. The fourth-order valence-corrected chi connectivity index (χ4v) is 4.11. The normalized spacial score (nSPS) is 11.6. The average molecular weight is 565 g/mol. The minimum atomic E-state index is -0.447. The third-order valence-electron chi connectivity index (χ3n) is 6.47. The maximum absolute atomic E-state index is 12.5. The van der Waals surface area contributed by atoms with Gasteiger partial charge in [0.1, 0.15) is 30.5 Å². The van der Waals surface area contributed by atoms with Crippen LogP contribution in [0.4, 0.5) is 0 Å². The van der Waals surface area contributed by atoms with E-state index in [0.717, 1.165) is 23.3 Å². The van der Waals surface area contributed by atoms with E-state index >= 15 is 0 Å². The molecule has 3 aromatic carbocycles. The molecule has 8 nitrogen and oxygen atoms in total. The van der Waals surface area contributed by atoms with Crippen LogP contribution in [0.2, 0.25) is 0 Å². The molecule has 1 unspecified atom stereocenters. The maximum atomic E-state index is 12.5. The molecule has 220 valence electrons. The van der Waals surface area contributed by atoms with Crippen LogP contribution >= 0.6 is 0 Å². The van der Waals surface area contributed by atoms with Crippen LogP contribution < -0.4 is 14.2 Å². The molecule has 0 heterocycles. The summed E-state index contributed by atoms with van der Waals surface area (Å²) in [5.41, 5.74) is 2.47. The summed E-state index contributed by atoms with van der Waals surface area (Å²) in [5, 5.41) is 0. The molecule has 0 spiro atoms. The summed E-state index contributed by atoms with van der Waals surface area (Å²) in [7, 11) is 1.63. The van der Waals surface area contributed by atoms with E-state index in [9.17, 15) is 9.59 Å². The molecule has 0 bridgehead atoms. The van der Waals surface area contributed by atoms with Gasteiger partial charge < -0.3 is 28.4 Å². The van der Waals surface area contributed by atoms with E-state index in [4.69, 9.17) is 28.4 Å². The first-order valence-electron chi connectivity index (χ1n) is 13.9. The van der Waals surface area contributed by atoms with Gasteiger partial charge in [-0.1, -0.05) is 45.0 Å². The van der Waals surface area contributed by atoms with E-state index in [1.807, 2.05) is 57.2 Å². The molecule has 0 saturated carbocycles. The van der Waals surface area contributed by atoms with E-state index in [0.29, 0.717) is 50.1 Å². The molecule has 0 aliphatic carbocycles. The first-order chi connectivity index (χ1) is 19.9. The number of ether oxygens (including phenoxy) is 6. The molecule has 0 saturated heterocycles. The van der Waals surface area contributed by atoms with Crippen LogP contribution in [-0.4, -0.2) is 58.7 Å². The van der Waals surface area contributed by atoms with Crippen LogP contribution in [0.3, 0.4) is 0 Å². The summed E-state index contributed by atoms with van der Waals surface area (Å²) in [5.74, 6) is 1.46. The van der Waals surface area contributed by atoms with E-state index in [-0.39, 0.29) is 24.4 Å². The predicted octanol–water partition coefficient (Wildman–Crippen LogP) is 6.22. The van der Waals surface area contributed by atoms with Crippen molar-refractivity contribution in [2.24, 2.45) is 11.8 Å². The Hall–Kier alpha value is -3.88. The lowest BCUT2D eigenvalue weighted by Gasteiger charge is -2.17. The van der Waals surface area contributed by atoms with E-state index < -0.39 is 5.97 Å². The van der Waals surface area contributed by atoms with Gasteiger partial charge in [0.2, 0.25) is 0 Å². The third kappa shape index (κ3) is 10.6. The second-order valence-electron chi connectivity index (χ2n) is 9.67. The highest BCUT2D eigenvalue weighted by Crippen LogP contribution is 2.25. The fourth-order valence-electron chi connectivity index (χ4n) is 4.11. The van der Waals surface area contributed by atoms with Crippen molar-refractivity contribution in [3.63, 3.8) is 0 Å². The van der Waals surface area contributed by atoms with Crippen molar-refractivity contribution >= 4 is 11.9 Å². The summed E-state index contributed by atoms with van der Waals surface area (Å²) in [6.45, 7) is 8.16. The molecule has 41 heavy (non-hydrogen) atoms. The summed E-state index contributed by atoms with van der Waals surface area (Å²) in [6, 6.07) is 21.9. The summed E-state index contributed by atoms with van der Waals surface area (Å²) < 4.78 is 32.6. The highest BCUT2D eigenvalue weighted by atomic mass is 16.6. The van der Waals surface area contributed by atoms with Crippen LogP contribution in [0.15, 0.2) is 72.8 Å². The second-order valence-corrected chi connectivity index (χ2v) is 9.67. The molecule has 0 radical (unpaired) electrons. The number of carbonyl (C=O) groups is 2. The molecular formula is C33H40O8. The van der Waals surface area contributed by atoms with Crippen LogP contribution in [0.5, 0.6) is 17.2 Å². The highest BCUT2D eigenvalue weighted by molar-refractivity contribution is 5.91. The Morgan fingerprint density at radius 2 is 1.17 bits per heavy atom. The average Bonchev–Trinajstić information content (AvgIpc) is 2.99. The first-order valence-corrected chi connectivity index (χ1v) is 13.9. The van der Waals surface area contributed by atoms with Gasteiger partial charge in [-0.25, -0.2) is 4.79 Å². The van der Waals surface area contributed by atoms with Crippen molar-refractivity contribution in [2.75, 3.05) is 46.8 Å². The van der Waals surface area contributed by atoms with Crippen molar-refractivity contribution in [3.8, 4) is 28.4 Å². The molecule has 0 fully saturated rings. The zero-order chi connectivity index (χ0) is 29.5. The summed E-state index contributed by atoms with van der Waals surface area (Å²) in [4.78, 5) is 24.5. The third-order valence-corrected chi connectivity index (χ3v) is 6.47. The number of hydrogen-bond acceptors (Lipinski definition) is 8. The minimum Gasteiger partial charge on any atom is -0.497 e. The SMILES string of the molecule is CCC(C(=O)OCCOCCOCCOc1ccc(C(=O)Oc2ccc(-c3ccc(OC)cc3)cc2)cc1)C(C)C. The molecule has 0 aliphatic heterocycles. The van der Waals surface area contributed by atoms with Crippen molar-refractivity contribution < 1.29 is 38.0 Å². The Kier molecular flexibility index (Phi) is 13.2. The van der Waals surface area contributed by atoms with Gasteiger partial charge in [0.25, 0.3) is 0 Å². The van der Waals surface area contributed by atoms with Gasteiger partial charge in [0.05, 0.1) is 45.0 Å². The van der Waals surface area contributed by atoms with Gasteiger partial charge in [-0.2, -0.15) is 0 Å². The topological polar surface area (TPSA) is 89.5 Å². The number of methoxy groups -OCH3 is 1. The Morgan fingerprint density at radius 3 is 1.71 bits per heavy atom. The first kappa shape index (κ1) is 31.6. The van der Waals surface area contributed by atoms with Crippen LogP contribution in [-0.2, 0) is 19.0 Å². The second kappa shape index (κ2) is 17.0. The lowest BCUT2D eigenvalue weighted by atomic mass is 9.94. The molecule has 3 aromatic rings. The van der Waals surface area contributed by atoms with Gasteiger partial charge in [-0.3, -0.25) is 4.79 Å². The van der Waals surface area contributed by atoms with Gasteiger partial charge >= 0.3 is 11.9 Å². The molecule has 3 rings (SSSR count). The van der Waals surface area contributed by atoms with Gasteiger partial charge in [0, 0.05) is 0 Å². The number of esters is 2. The molecule has 0 aliphatic rings. The molecule has 1 atom stereocenters. The quantitative estimate of drug-likeness (QED) is 0.108. The smallest absolute Gasteiger partial charge is 0.343 e. The molecule has 0 amide bonds. The van der Waals surface area contributed by atoms with Crippen LogP contribution in [0, 0.1) is 11.8 Å². The van der Waals surface area contributed by atoms with E-state index in [2.05, 4.69) is 0 Å². The number of rotatable bonds is 17. The molecular weight excluding hydrogens is 524 g/mol. The van der Waals surface area contributed by atoms with Crippen molar-refractivity contribution in [3.05, 3.63) is 78.4 Å². The number of carbonyl (C=O) groups excluding carboxylic acids is 2. The summed E-state index contributed by atoms with van der Waals surface area (Å²) >= 11 is 0. The van der Waals surface area contributed by atoms with Gasteiger partial charge in [-0.15, -0.1) is 0 Å². The Labute approximate surface area is 242 Å². The molecule has 0 aromatic heterocycles. The van der Waals surface area contributed by atoms with Crippen molar-refractivity contribution in [1.29, 1.82) is 0 Å². The van der Waals surface area contributed by atoms with Gasteiger partial charge in [0.15, 0.2) is 0 Å². The van der Waals surface area contributed by atoms with Crippen molar-refractivity contribution in [1.82, 2.24) is 0 Å². The molecule has 0 N–H and O–H groups in total. The lowest BCUT2D eigenvalue weighted by molar-refractivity contribution is -0.152. The zero-order valence-corrected chi connectivity index (χ0v) is 24.3. The lowest BCUT2D eigenvalue weighted by Crippen LogP contribution is -2.23. The fraction of sp³-hybridized carbons (Fsp3) is 0.394. The molecule has 8 heteroatoms. The van der Waals surface area contributed by atoms with Crippen LogP contribution in [0.25, 0.3) is 11.1 Å². The standard InChI is InChI=1S/C33H40O8/c1-5-31(24(2)3)33(35)40-23-21-38-19-18-37-20-22-39-29-14-10-27(11-15-29)32(34)41-30-16-8-26(9-17-30)25-6-12-28(36-4)13-7-25/h6-17,24,31H,5,18-23H2,1-4H3. The van der Waals surface area contributed by atoms with E-state index in [1.165, 1.54) is 0 Å². The maximum Gasteiger partial charge on any atom is 0.343 e.